The number of rotatable bonds is 2. The lowest BCUT2D eigenvalue weighted by atomic mass is 9.95. The summed E-state index contributed by atoms with van der Waals surface area (Å²) in [5, 5.41) is 0. The molecule has 0 N–H and O–H groups in total. The zero-order valence-corrected chi connectivity index (χ0v) is 19.8. The van der Waals surface area contributed by atoms with Gasteiger partial charge in [0.05, 0.1) is 11.4 Å². The molecule has 6 heteroatoms. The second-order valence-corrected chi connectivity index (χ2v) is 10.6. The summed E-state index contributed by atoms with van der Waals surface area (Å²) in [5.41, 5.74) is 9.98. The zero-order chi connectivity index (χ0) is 19.5. The van der Waals surface area contributed by atoms with E-state index < -0.39 is 0 Å². The standard InChI is InChI=1S/C20H24N2S4/c1-9-10(2)17(21-13(5)15(7)25-19(21)23)12(4)18(11(9)3)22-14(6)16(8)26-20(22)24/h1-8H3. The number of hydrogen-bond acceptors (Lipinski definition) is 4. The van der Waals surface area contributed by atoms with Crippen molar-refractivity contribution in [3.05, 3.63) is 51.3 Å². The number of aromatic nitrogens is 2. The number of thiazole rings is 2. The molecule has 0 saturated carbocycles. The second kappa shape index (κ2) is 6.82. The van der Waals surface area contributed by atoms with Crippen LogP contribution in [0.25, 0.3) is 11.4 Å². The number of aryl methyl sites for hydroxylation is 2. The van der Waals surface area contributed by atoms with Gasteiger partial charge in [0.1, 0.15) is 0 Å². The Balaban J connectivity index is 2.52. The average Bonchev–Trinajstić information content (AvgIpc) is 2.96. The molecule has 0 fully saturated rings. The molecule has 0 aliphatic heterocycles. The van der Waals surface area contributed by atoms with Gasteiger partial charge in [-0.05, 0) is 102 Å². The van der Waals surface area contributed by atoms with Crippen molar-refractivity contribution >= 4 is 47.1 Å². The molecule has 0 aliphatic carbocycles. The van der Waals surface area contributed by atoms with Crippen LogP contribution in [0.15, 0.2) is 0 Å². The van der Waals surface area contributed by atoms with Crippen molar-refractivity contribution in [3.63, 3.8) is 0 Å². The molecule has 3 rings (SSSR count). The maximum atomic E-state index is 5.71. The fourth-order valence-electron chi connectivity index (χ4n) is 3.59. The van der Waals surface area contributed by atoms with Gasteiger partial charge in [0.2, 0.25) is 0 Å². The Bertz CT molecular complexity index is 1060. The summed E-state index contributed by atoms with van der Waals surface area (Å²) in [7, 11) is 0. The van der Waals surface area contributed by atoms with Gasteiger partial charge < -0.3 is 0 Å². The SMILES string of the molecule is Cc1sc(=S)n(-c2c(C)c(C)c(C)c(-n3c(C)c(C)sc3=S)c2C)c1C. The minimum absolute atomic E-state index is 0.905. The first kappa shape index (κ1) is 19.7. The molecule has 0 spiro atoms. The minimum atomic E-state index is 0.905. The monoisotopic (exact) mass is 420 g/mol. The van der Waals surface area contributed by atoms with Gasteiger partial charge in [-0.2, -0.15) is 0 Å². The van der Waals surface area contributed by atoms with Crippen LogP contribution in [0.5, 0.6) is 0 Å². The van der Waals surface area contributed by atoms with E-state index in [0.29, 0.717) is 0 Å². The first-order valence-corrected chi connectivity index (χ1v) is 11.0. The van der Waals surface area contributed by atoms with E-state index in [0.717, 1.165) is 7.91 Å². The topological polar surface area (TPSA) is 9.86 Å². The number of benzene rings is 1. The molecule has 0 aliphatic rings. The third kappa shape index (κ3) is 2.78. The van der Waals surface area contributed by atoms with Crippen molar-refractivity contribution in [2.45, 2.75) is 55.4 Å². The molecule has 26 heavy (non-hydrogen) atoms. The molecule has 0 amide bonds. The summed E-state index contributed by atoms with van der Waals surface area (Å²) in [5.74, 6) is 0. The molecule has 0 saturated heterocycles. The molecule has 1 aromatic carbocycles. The summed E-state index contributed by atoms with van der Waals surface area (Å²) >= 11 is 14.8. The highest BCUT2D eigenvalue weighted by molar-refractivity contribution is 7.73. The van der Waals surface area contributed by atoms with Crippen molar-refractivity contribution in [1.82, 2.24) is 9.13 Å². The van der Waals surface area contributed by atoms with Gasteiger partial charge in [0, 0.05) is 21.1 Å². The van der Waals surface area contributed by atoms with Crippen LogP contribution in [0.3, 0.4) is 0 Å². The predicted octanol–water partition coefficient (Wildman–Crippen LogP) is 7.32. The Morgan fingerprint density at radius 3 is 1.15 bits per heavy atom. The lowest BCUT2D eigenvalue weighted by molar-refractivity contribution is 0.921. The van der Waals surface area contributed by atoms with Crippen LogP contribution in [0, 0.1) is 63.3 Å². The summed E-state index contributed by atoms with van der Waals surface area (Å²) in [4.78, 5) is 2.54. The Hall–Kier alpha value is -1.08. The van der Waals surface area contributed by atoms with E-state index >= 15 is 0 Å². The maximum Gasteiger partial charge on any atom is 0.166 e. The van der Waals surface area contributed by atoms with Gasteiger partial charge in [0.25, 0.3) is 0 Å². The van der Waals surface area contributed by atoms with E-state index in [1.807, 2.05) is 0 Å². The van der Waals surface area contributed by atoms with Crippen molar-refractivity contribution in [3.8, 4) is 11.4 Å². The maximum absolute atomic E-state index is 5.71. The highest BCUT2D eigenvalue weighted by atomic mass is 32.2. The van der Waals surface area contributed by atoms with Gasteiger partial charge >= 0.3 is 0 Å². The molecule has 138 valence electrons. The number of hydrogen-bond donors (Lipinski definition) is 0. The largest absolute Gasteiger partial charge is 0.295 e. The Labute approximate surface area is 173 Å². The molecule has 0 unspecified atom stereocenters. The highest BCUT2D eigenvalue weighted by Gasteiger charge is 2.21. The van der Waals surface area contributed by atoms with Crippen LogP contribution in [0.4, 0.5) is 0 Å². The zero-order valence-electron chi connectivity index (χ0n) is 16.5. The Morgan fingerprint density at radius 2 is 0.885 bits per heavy atom. The fraction of sp³-hybridized carbons (Fsp3) is 0.400. The van der Waals surface area contributed by atoms with Crippen LogP contribution in [0.2, 0.25) is 0 Å². The Morgan fingerprint density at radius 1 is 0.538 bits per heavy atom. The van der Waals surface area contributed by atoms with Gasteiger partial charge in [-0.25, -0.2) is 0 Å². The highest BCUT2D eigenvalue weighted by Crippen LogP contribution is 2.36. The third-order valence-corrected chi connectivity index (χ3v) is 8.31. The molecule has 0 atom stereocenters. The summed E-state index contributed by atoms with van der Waals surface area (Å²) in [6, 6.07) is 0. The van der Waals surface area contributed by atoms with Gasteiger partial charge in [-0.1, -0.05) is 0 Å². The van der Waals surface area contributed by atoms with E-state index in [9.17, 15) is 0 Å². The molecule has 2 aromatic heterocycles. The average molecular weight is 421 g/mol. The lowest BCUT2D eigenvalue weighted by Crippen LogP contribution is -2.11. The smallest absolute Gasteiger partial charge is 0.166 e. The van der Waals surface area contributed by atoms with Crippen molar-refractivity contribution < 1.29 is 0 Å². The number of nitrogens with zero attached hydrogens (tertiary/aromatic N) is 2. The molecular formula is C20H24N2S4. The van der Waals surface area contributed by atoms with E-state index in [1.54, 1.807) is 22.7 Å². The van der Waals surface area contributed by atoms with Crippen LogP contribution in [-0.4, -0.2) is 9.13 Å². The second-order valence-electron chi connectivity index (χ2n) is 6.89. The molecule has 0 bridgehead atoms. The van der Waals surface area contributed by atoms with E-state index in [4.69, 9.17) is 24.4 Å². The molecular weight excluding hydrogens is 397 g/mol. The summed E-state index contributed by atoms with van der Waals surface area (Å²) < 4.78 is 6.30. The van der Waals surface area contributed by atoms with E-state index in [1.165, 1.54) is 54.8 Å². The summed E-state index contributed by atoms with van der Waals surface area (Å²) in [6.45, 7) is 17.4. The van der Waals surface area contributed by atoms with Crippen molar-refractivity contribution in [2.24, 2.45) is 0 Å². The lowest BCUT2D eigenvalue weighted by Gasteiger charge is -2.23. The molecule has 0 radical (unpaired) electrons. The van der Waals surface area contributed by atoms with Gasteiger partial charge in [0.15, 0.2) is 7.91 Å². The van der Waals surface area contributed by atoms with Gasteiger partial charge in [-0.3, -0.25) is 9.13 Å². The van der Waals surface area contributed by atoms with Crippen molar-refractivity contribution in [1.29, 1.82) is 0 Å². The van der Waals surface area contributed by atoms with Crippen LogP contribution in [-0.2, 0) is 0 Å². The third-order valence-electron chi connectivity index (χ3n) is 5.53. The van der Waals surface area contributed by atoms with Crippen molar-refractivity contribution in [2.75, 3.05) is 0 Å². The predicted molar refractivity (Wildman–Crippen MR) is 120 cm³/mol. The normalized spacial score (nSPS) is 11.4. The fourth-order valence-corrected chi connectivity index (χ4v) is 6.44. The first-order valence-electron chi connectivity index (χ1n) is 8.57. The van der Waals surface area contributed by atoms with E-state index in [-0.39, 0.29) is 0 Å². The van der Waals surface area contributed by atoms with Crippen LogP contribution in [0.1, 0.15) is 43.4 Å². The minimum Gasteiger partial charge on any atom is -0.295 e. The molecule has 3 aromatic rings. The molecule has 2 nitrogen and oxygen atoms in total. The quantitative estimate of drug-likeness (QED) is 0.402. The summed E-state index contributed by atoms with van der Waals surface area (Å²) in [6.07, 6.45) is 0. The first-order chi connectivity index (χ1) is 12.1. The Kier molecular flexibility index (Phi) is 5.16. The van der Waals surface area contributed by atoms with Crippen LogP contribution >= 0.6 is 47.1 Å². The van der Waals surface area contributed by atoms with Crippen LogP contribution < -0.4 is 0 Å². The molecule has 2 heterocycles. The van der Waals surface area contributed by atoms with Gasteiger partial charge in [-0.15, -0.1) is 22.7 Å². The van der Waals surface area contributed by atoms with E-state index in [2.05, 4.69) is 64.5 Å².